The van der Waals surface area contributed by atoms with Crippen molar-refractivity contribution < 1.29 is 13.9 Å². The minimum Gasteiger partial charge on any atom is -0.448 e. The molecule has 0 aromatic carbocycles. The fourth-order valence-corrected chi connectivity index (χ4v) is 2.29. The standard InChI is InChI=1S/C14H22N2O3/c1-14(2,3)19-13(17)16-7-5-4-6-11(9-16)12-8-15-10-18-12/h8,10-11H,4-7,9H2,1-3H3/t11-/m0/s1. The number of oxazole rings is 1. The van der Waals surface area contributed by atoms with Gasteiger partial charge in [0, 0.05) is 19.0 Å². The summed E-state index contributed by atoms with van der Waals surface area (Å²) in [4.78, 5) is 17.9. The van der Waals surface area contributed by atoms with Crippen molar-refractivity contribution in [1.29, 1.82) is 0 Å². The van der Waals surface area contributed by atoms with Gasteiger partial charge in [-0.2, -0.15) is 0 Å². The molecule has 106 valence electrons. The Morgan fingerprint density at radius 2 is 2.26 bits per heavy atom. The summed E-state index contributed by atoms with van der Waals surface area (Å²) >= 11 is 0. The summed E-state index contributed by atoms with van der Waals surface area (Å²) in [6, 6.07) is 0. The highest BCUT2D eigenvalue weighted by molar-refractivity contribution is 5.68. The molecule has 0 bridgehead atoms. The Balaban J connectivity index is 2.02. The second kappa shape index (κ2) is 5.63. The van der Waals surface area contributed by atoms with E-state index in [4.69, 9.17) is 9.15 Å². The molecule has 0 unspecified atom stereocenters. The lowest BCUT2D eigenvalue weighted by molar-refractivity contribution is 0.0246. The maximum Gasteiger partial charge on any atom is 0.410 e. The first-order valence-corrected chi connectivity index (χ1v) is 6.82. The molecule has 19 heavy (non-hydrogen) atoms. The van der Waals surface area contributed by atoms with Crippen molar-refractivity contribution in [2.45, 2.75) is 51.6 Å². The van der Waals surface area contributed by atoms with Crippen LogP contribution >= 0.6 is 0 Å². The monoisotopic (exact) mass is 266 g/mol. The van der Waals surface area contributed by atoms with Gasteiger partial charge in [0.15, 0.2) is 6.39 Å². The van der Waals surface area contributed by atoms with E-state index in [2.05, 4.69) is 4.98 Å². The highest BCUT2D eigenvalue weighted by Crippen LogP contribution is 2.27. The average Bonchev–Trinajstić information content (AvgIpc) is 2.71. The normalized spacial score (nSPS) is 21.0. The minimum absolute atomic E-state index is 0.220. The minimum atomic E-state index is -0.453. The number of hydrogen-bond acceptors (Lipinski definition) is 4. The molecule has 1 atom stereocenters. The Morgan fingerprint density at radius 3 is 2.89 bits per heavy atom. The van der Waals surface area contributed by atoms with Crippen LogP contribution in [-0.4, -0.2) is 34.7 Å². The van der Waals surface area contributed by atoms with Crippen LogP contribution in [0.2, 0.25) is 0 Å². The molecule has 1 saturated heterocycles. The van der Waals surface area contributed by atoms with E-state index in [9.17, 15) is 4.79 Å². The topological polar surface area (TPSA) is 55.6 Å². The van der Waals surface area contributed by atoms with Gasteiger partial charge in [-0.1, -0.05) is 6.42 Å². The zero-order valence-electron chi connectivity index (χ0n) is 11.9. The fraction of sp³-hybridized carbons (Fsp3) is 0.714. The van der Waals surface area contributed by atoms with Crippen molar-refractivity contribution in [3.8, 4) is 0 Å². The second-order valence-corrected chi connectivity index (χ2v) is 6.02. The molecule has 0 saturated carbocycles. The summed E-state index contributed by atoms with van der Waals surface area (Å²) in [5.74, 6) is 1.08. The third-order valence-electron chi connectivity index (χ3n) is 3.18. The number of aromatic nitrogens is 1. The number of carbonyl (C=O) groups is 1. The first-order valence-electron chi connectivity index (χ1n) is 6.82. The summed E-state index contributed by atoms with van der Waals surface area (Å²) in [6.07, 6.45) is 6.06. The summed E-state index contributed by atoms with van der Waals surface area (Å²) in [6.45, 7) is 7.05. The number of amides is 1. The van der Waals surface area contributed by atoms with E-state index in [1.54, 1.807) is 11.1 Å². The predicted molar refractivity (Wildman–Crippen MR) is 70.9 cm³/mol. The number of hydrogen-bond donors (Lipinski definition) is 0. The molecule has 2 rings (SSSR count). The third kappa shape index (κ3) is 3.98. The molecular weight excluding hydrogens is 244 g/mol. The summed E-state index contributed by atoms with van der Waals surface area (Å²) in [7, 11) is 0. The van der Waals surface area contributed by atoms with E-state index in [0.29, 0.717) is 6.54 Å². The first-order chi connectivity index (χ1) is 8.96. The van der Waals surface area contributed by atoms with Gasteiger partial charge in [0.05, 0.1) is 6.20 Å². The number of likely N-dealkylation sites (tertiary alicyclic amines) is 1. The average molecular weight is 266 g/mol. The van der Waals surface area contributed by atoms with Crippen molar-refractivity contribution in [3.63, 3.8) is 0 Å². The SMILES string of the molecule is CC(C)(C)OC(=O)N1CCCC[C@H](c2cnco2)C1. The van der Waals surface area contributed by atoms with Gasteiger partial charge in [0.25, 0.3) is 0 Å². The molecule has 0 N–H and O–H groups in total. The molecule has 0 radical (unpaired) electrons. The molecule has 1 aliphatic heterocycles. The van der Waals surface area contributed by atoms with E-state index in [1.165, 1.54) is 6.39 Å². The lowest BCUT2D eigenvalue weighted by atomic mass is 10.0. The van der Waals surface area contributed by atoms with Crippen molar-refractivity contribution in [2.24, 2.45) is 0 Å². The van der Waals surface area contributed by atoms with Gasteiger partial charge in [0.1, 0.15) is 11.4 Å². The highest BCUT2D eigenvalue weighted by Gasteiger charge is 2.28. The summed E-state index contributed by atoms with van der Waals surface area (Å²) < 4.78 is 10.8. The highest BCUT2D eigenvalue weighted by atomic mass is 16.6. The van der Waals surface area contributed by atoms with Crippen molar-refractivity contribution >= 4 is 6.09 Å². The van der Waals surface area contributed by atoms with E-state index in [0.717, 1.165) is 31.6 Å². The van der Waals surface area contributed by atoms with Crippen LogP contribution < -0.4 is 0 Å². The Bertz CT molecular complexity index is 409. The smallest absolute Gasteiger partial charge is 0.410 e. The van der Waals surface area contributed by atoms with Crippen LogP contribution in [0.4, 0.5) is 4.79 Å². The molecule has 1 fully saturated rings. The molecule has 5 heteroatoms. The van der Waals surface area contributed by atoms with Crippen molar-refractivity contribution in [3.05, 3.63) is 18.4 Å². The van der Waals surface area contributed by atoms with Gasteiger partial charge < -0.3 is 14.1 Å². The third-order valence-corrected chi connectivity index (χ3v) is 3.18. The van der Waals surface area contributed by atoms with Gasteiger partial charge in [-0.15, -0.1) is 0 Å². The van der Waals surface area contributed by atoms with Gasteiger partial charge in [-0.3, -0.25) is 0 Å². The Kier molecular flexibility index (Phi) is 4.12. The number of ether oxygens (including phenoxy) is 1. The van der Waals surface area contributed by atoms with Gasteiger partial charge in [-0.25, -0.2) is 9.78 Å². The second-order valence-electron chi connectivity index (χ2n) is 6.02. The van der Waals surface area contributed by atoms with Crippen LogP contribution in [0, 0.1) is 0 Å². The van der Waals surface area contributed by atoms with Crippen LogP contribution in [0.25, 0.3) is 0 Å². The molecule has 0 spiro atoms. The zero-order valence-corrected chi connectivity index (χ0v) is 11.9. The van der Waals surface area contributed by atoms with Crippen molar-refractivity contribution in [1.82, 2.24) is 9.88 Å². The summed E-state index contributed by atoms with van der Waals surface area (Å²) in [5.41, 5.74) is -0.453. The molecule has 1 amide bonds. The van der Waals surface area contributed by atoms with E-state index >= 15 is 0 Å². The van der Waals surface area contributed by atoms with Crippen molar-refractivity contribution in [2.75, 3.05) is 13.1 Å². The van der Waals surface area contributed by atoms with Crippen LogP contribution in [0.15, 0.2) is 17.0 Å². The molecule has 1 aromatic heterocycles. The molecule has 2 heterocycles. The summed E-state index contributed by atoms with van der Waals surface area (Å²) in [5, 5.41) is 0. The Labute approximate surface area is 113 Å². The molecule has 0 aliphatic carbocycles. The van der Waals surface area contributed by atoms with E-state index < -0.39 is 5.60 Å². The van der Waals surface area contributed by atoms with Crippen LogP contribution in [-0.2, 0) is 4.74 Å². The zero-order chi connectivity index (χ0) is 13.9. The molecular formula is C14H22N2O3. The molecule has 1 aliphatic rings. The maximum atomic E-state index is 12.1. The predicted octanol–water partition coefficient (Wildman–Crippen LogP) is 3.18. The largest absolute Gasteiger partial charge is 0.448 e. The fourth-order valence-electron chi connectivity index (χ4n) is 2.29. The van der Waals surface area contributed by atoms with Gasteiger partial charge >= 0.3 is 6.09 Å². The Morgan fingerprint density at radius 1 is 1.47 bits per heavy atom. The number of carbonyl (C=O) groups excluding carboxylic acids is 1. The van der Waals surface area contributed by atoms with Crippen LogP contribution in [0.5, 0.6) is 0 Å². The number of nitrogens with zero attached hydrogens (tertiary/aromatic N) is 2. The molecule has 5 nitrogen and oxygen atoms in total. The van der Waals surface area contributed by atoms with Crippen LogP contribution in [0.3, 0.4) is 0 Å². The van der Waals surface area contributed by atoms with Gasteiger partial charge in [-0.05, 0) is 33.6 Å². The van der Waals surface area contributed by atoms with Gasteiger partial charge in [0.2, 0.25) is 0 Å². The number of rotatable bonds is 1. The Hall–Kier alpha value is -1.52. The van der Waals surface area contributed by atoms with E-state index in [-0.39, 0.29) is 12.0 Å². The first kappa shape index (κ1) is 13.9. The lowest BCUT2D eigenvalue weighted by Gasteiger charge is -2.27. The quantitative estimate of drug-likeness (QED) is 0.783. The van der Waals surface area contributed by atoms with Crippen LogP contribution in [0.1, 0.15) is 51.7 Å². The molecule has 1 aromatic rings. The maximum absolute atomic E-state index is 12.1. The lowest BCUT2D eigenvalue weighted by Crippen LogP contribution is -2.38. The van der Waals surface area contributed by atoms with E-state index in [1.807, 2.05) is 20.8 Å².